The highest BCUT2D eigenvalue weighted by atomic mass is 16.6. The molecule has 6 nitrogen and oxygen atoms in total. The predicted molar refractivity (Wildman–Crippen MR) is 88.5 cm³/mol. The quantitative estimate of drug-likeness (QED) is 0.639. The number of nitrogens with one attached hydrogen (secondary N) is 1. The molecular weight excluding hydrogens is 310 g/mol. The van der Waals surface area contributed by atoms with E-state index >= 15 is 0 Å². The number of rotatable bonds is 6. The van der Waals surface area contributed by atoms with E-state index in [2.05, 4.69) is 5.32 Å². The number of hydrogen-bond donors (Lipinski definition) is 1. The van der Waals surface area contributed by atoms with Crippen molar-refractivity contribution in [1.29, 1.82) is 0 Å². The summed E-state index contributed by atoms with van der Waals surface area (Å²) in [6.45, 7) is 7.74. The maximum atomic E-state index is 12.2. The second-order valence-electron chi connectivity index (χ2n) is 6.82. The fraction of sp³-hybridized carbons (Fsp3) is 0.556. The van der Waals surface area contributed by atoms with Crippen LogP contribution in [-0.2, 0) is 19.0 Å². The number of carbonyl (C=O) groups is 2. The normalized spacial score (nSPS) is 20.8. The maximum Gasteiger partial charge on any atom is 0.408 e. The third-order valence-corrected chi connectivity index (χ3v) is 3.57. The van der Waals surface area contributed by atoms with E-state index in [0.717, 1.165) is 5.56 Å². The van der Waals surface area contributed by atoms with Crippen molar-refractivity contribution in [2.75, 3.05) is 13.2 Å². The molecule has 1 heterocycles. The number of epoxide rings is 1. The van der Waals surface area contributed by atoms with Crippen LogP contribution in [0.2, 0.25) is 0 Å². The molecule has 1 aliphatic rings. The Bertz CT molecular complexity index is 575. The molecule has 1 saturated heterocycles. The number of esters is 1. The van der Waals surface area contributed by atoms with Gasteiger partial charge in [0.2, 0.25) is 0 Å². The number of amides is 1. The van der Waals surface area contributed by atoms with Crippen LogP contribution in [0.15, 0.2) is 30.3 Å². The standard InChI is InChI=1S/C18H25NO5/c1-5-22-15(20)18(12-23-18)11-14(13-9-7-6-8-10-13)19-16(21)24-17(2,3)4/h6-10,14H,5,11-12H2,1-4H3,(H,19,21)/t14-,18?/m1/s1. The minimum Gasteiger partial charge on any atom is -0.464 e. The average Bonchev–Trinajstić information content (AvgIpc) is 3.27. The van der Waals surface area contributed by atoms with Gasteiger partial charge in [0.15, 0.2) is 5.60 Å². The molecule has 1 fully saturated rings. The highest BCUT2D eigenvalue weighted by Crippen LogP contribution is 2.38. The monoisotopic (exact) mass is 335 g/mol. The lowest BCUT2D eigenvalue weighted by atomic mass is 9.95. The number of ether oxygens (including phenoxy) is 3. The molecule has 1 aliphatic heterocycles. The lowest BCUT2D eigenvalue weighted by molar-refractivity contribution is -0.150. The Labute approximate surface area is 142 Å². The van der Waals surface area contributed by atoms with Gasteiger partial charge in [0, 0.05) is 6.42 Å². The maximum absolute atomic E-state index is 12.2. The van der Waals surface area contributed by atoms with Crippen molar-refractivity contribution in [3.05, 3.63) is 35.9 Å². The van der Waals surface area contributed by atoms with Crippen molar-refractivity contribution in [1.82, 2.24) is 5.32 Å². The molecule has 2 atom stereocenters. The van der Waals surface area contributed by atoms with Gasteiger partial charge in [-0.1, -0.05) is 30.3 Å². The SMILES string of the molecule is CCOC(=O)C1(C[C@@H](NC(=O)OC(C)(C)C)c2ccccc2)CO1. The van der Waals surface area contributed by atoms with E-state index in [1.54, 1.807) is 27.7 Å². The summed E-state index contributed by atoms with van der Waals surface area (Å²) in [7, 11) is 0. The molecule has 1 aromatic rings. The van der Waals surface area contributed by atoms with Crippen LogP contribution in [0, 0.1) is 0 Å². The first-order valence-electron chi connectivity index (χ1n) is 8.11. The first-order chi connectivity index (χ1) is 11.3. The zero-order chi connectivity index (χ0) is 17.8. The molecular formula is C18H25NO5. The molecule has 0 radical (unpaired) electrons. The van der Waals surface area contributed by atoms with Gasteiger partial charge < -0.3 is 19.5 Å². The lowest BCUT2D eigenvalue weighted by Crippen LogP contribution is -2.39. The van der Waals surface area contributed by atoms with Crippen LogP contribution in [-0.4, -0.2) is 36.5 Å². The van der Waals surface area contributed by atoms with Gasteiger partial charge in [0.25, 0.3) is 0 Å². The number of alkyl carbamates (subject to hydrolysis) is 1. The van der Waals surface area contributed by atoms with Crippen LogP contribution in [0.4, 0.5) is 4.79 Å². The van der Waals surface area contributed by atoms with Crippen molar-refractivity contribution in [3.63, 3.8) is 0 Å². The third kappa shape index (κ3) is 4.96. The van der Waals surface area contributed by atoms with Gasteiger partial charge in [-0.05, 0) is 33.3 Å². The first kappa shape index (κ1) is 18.3. The fourth-order valence-electron chi connectivity index (χ4n) is 2.39. The topological polar surface area (TPSA) is 77.2 Å². The molecule has 6 heteroatoms. The molecule has 1 amide bonds. The van der Waals surface area contributed by atoms with Crippen LogP contribution in [0.5, 0.6) is 0 Å². The van der Waals surface area contributed by atoms with E-state index in [9.17, 15) is 9.59 Å². The van der Waals surface area contributed by atoms with E-state index in [-0.39, 0.29) is 0 Å². The Morgan fingerprint density at radius 3 is 2.42 bits per heavy atom. The number of hydrogen-bond acceptors (Lipinski definition) is 5. The highest BCUT2D eigenvalue weighted by molar-refractivity contribution is 5.82. The molecule has 0 saturated carbocycles. The molecule has 1 aromatic carbocycles. The molecule has 0 aromatic heterocycles. The fourth-order valence-corrected chi connectivity index (χ4v) is 2.39. The Kier molecular flexibility index (Phi) is 5.49. The zero-order valence-electron chi connectivity index (χ0n) is 14.6. The minimum absolute atomic E-state index is 0.291. The molecule has 0 aliphatic carbocycles. The average molecular weight is 335 g/mol. The summed E-state index contributed by atoms with van der Waals surface area (Å²) < 4.78 is 15.8. The Morgan fingerprint density at radius 1 is 1.29 bits per heavy atom. The van der Waals surface area contributed by atoms with Crippen LogP contribution in [0.3, 0.4) is 0 Å². The first-order valence-corrected chi connectivity index (χ1v) is 8.11. The molecule has 1 N–H and O–H groups in total. The summed E-state index contributed by atoms with van der Waals surface area (Å²) in [6, 6.07) is 9.02. The smallest absolute Gasteiger partial charge is 0.408 e. The molecule has 0 spiro atoms. The zero-order valence-corrected chi connectivity index (χ0v) is 14.6. The highest BCUT2D eigenvalue weighted by Gasteiger charge is 2.55. The molecule has 0 bridgehead atoms. The van der Waals surface area contributed by atoms with E-state index in [0.29, 0.717) is 19.6 Å². The van der Waals surface area contributed by atoms with Gasteiger partial charge in [-0.3, -0.25) is 0 Å². The van der Waals surface area contributed by atoms with Crippen molar-refractivity contribution in [2.45, 2.75) is 51.4 Å². The molecule has 132 valence electrons. The van der Waals surface area contributed by atoms with E-state index in [1.165, 1.54) is 0 Å². The van der Waals surface area contributed by atoms with E-state index < -0.39 is 29.3 Å². The van der Waals surface area contributed by atoms with Gasteiger partial charge in [0.1, 0.15) is 5.60 Å². The minimum atomic E-state index is -0.981. The third-order valence-electron chi connectivity index (χ3n) is 3.57. The van der Waals surface area contributed by atoms with Gasteiger partial charge in [-0.25, -0.2) is 9.59 Å². The lowest BCUT2D eigenvalue weighted by Gasteiger charge is -2.25. The summed E-state index contributed by atoms with van der Waals surface area (Å²) >= 11 is 0. The Balaban J connectivity index is 2.13. The number of carbonyl (C=O) groups excluding carboxylic acids is 2. The second kappa shape index (κ2) is 7.21. The van der Waals surface area contributed by atoms with Crippen molar-refractivity contribution < 1.29 is 23.8 Å². The van der Waals surface area contributed by atoms with Gasteiger partial charge in [-0.2, -0.15) is 0 Å². The summed E-state index contributed by atoms with van der Waals surface area (Å²) in [5, 5.41) is 2.83. The van der Waals surface area contributed by atoms with Crippen LogP contribution in [0.25, 0.3) is 0 Å². The van der Waals surface area contributed by atoms with Crippen molar-refractivity contribution in [3.8, 4) is 0 Å². The van der Waals surface area contributed by atoms with E-state index in [4.69, 9.17) is 14.2 Å². The summed E-state index contributed by atoms with van der Waals surface area (Å²) in [4.78, 5) is 24.3. The molecule has 2 rings (SSSR count). The summed E-state index contributed by atoms with van der Waals surface area (Å²) in [6.07, 6.45) is -0.231. The van der Waals surface area contributed by atoms with Crippen LogP contribution >= 0.6 is 0 Å². The Hall–Kier alpha value is -2.08. The van der Waals surface area contributed by atoms with E-state index in [1.807, 2.05) is 30.3 Å². The number of benzene rings is 1. The largest absolute Gasteiger partial charge is 0.464 e. The van der Waals surface area contributed by atoms with Gasteiger partial charge >= 0.3 is 12.1 Å². The van der Waals surface area contributed by atoms with Crippen LogP contribution in [0.1, 0.15) is 45.7 Å². The predicted octanol–water partition coefficient (Wildman–Crippen LogP) is 2.97. The molecule has 1 unspecified atom stereocenters. The van der Waals surface area contributed by atoms with Gasteiger partial charge in [0.05, 0.1) is 19.3 Å². The van der Waals surface area contributed by atoms with Crippen molar-refractivity contribution >= 4 is 12.1 Å². The van der Waals surface area contributed by atoms with Crippen LogP contribution < -0.4 is 5.32 Å². The second-order valence-corrected chi connectivity index (χ2v) is 6.82. The summed E-state index contributed by atoms with van der Waals surface area (Å²) in [5.74, 6) is -0.392. The molecule has 24 heavy (non-hydrogen) atoms. The van der Waals surface area contributed by atoms with Crippen molar-refractivity contribution in [2.24, 2.45) is 0 Å². The summed E-state index contributed by atoms with van der Waals surface area (Å²) in [5.41, 5.74) is -0.700. The van der Waals surface area contributed by atoms with Gasteiger partial charge in [-0.15, -0.1) is 0 Å². The Morgan fingerprint density at radius 2 is 1.92 bits per heavy atom.